The summed E-state index contributed by atoms with van der Waals surface area (Å²) >= 11 is 0. The van der Waals surface area contributed by atoms with Crippen LogP contribution in [0.4, 0.5) is 0 Å². The van der Waals surface area contributed by atoms with Gasteiger partial charge in [-0.3, -0.25) is 33.6 Å². The predicted octanol–water partition coefficient (Wildman–Crippen LogP) is 11.2. The Hall–Kier alpha value is -4.07. The SMILES string of the molecule is CC(=O)OC[C@H]1O[C@@H](O[C@H]2[C@H](OC(C)=O)[C@@H](OC(C)=O)[C@H](OC[C@H](COCCC[C@@H]3CC[C@H](CCCCCCCCCCCOC[C@@H](CO)OCC[C@H](C)CCCC(C)C)C3)OCC[C@H](C)CCCC(C)C)O[C@@H]2COC(C)=O)[C@H](OC(C)=O)[C@@H](OC(C)=O)[C@H]1OC(C)=O. The molecule has 0 aromatic carbocycles. The van der Waals surface area contributed by atoms with Gasteiger partial charge in [0.2, 0.25) is 0 Å². The molecule has 2 saturated heterocycles. The average molecular weight is 1350 g/mol. The lowest BCUT2D eigenvalue weighted by molar-refractivity contribution is -0.362. The van der Waals surface area contributed by atoms with Gasteiger partial charge in [0.1, 0.15) is 43.7 Å². The van der Waals surface area contributed by atoms with Gasteiger partial charge >= 0.3 is 41.8 Å². The molecule has 0 aromatic rings. The van der Waals surface area contributed by atoms with Gasteiger partial charge < -0.3 is 76.2 Å². The highest BCUT2D eigenvalue weighted by molar-refractivity contribution is 5.69. The second-order valence-electron chi connectivity index (χ2n) is 27.4. The van der Waals surface area contributed by atoms with Crippen LogP contribution in [0.15, 0.2) is 0 Å². The monoisotopic (exact) mass is 1340 g/mol. The molecule has 3 rings (SSSR count). The second-order valence-corrected chi connectivity index (χ2v) is 27.4. The quantitative estimate of drug-likeness (QED) is 0.0336. The molecule has 1 aliphatic carbocycles. The van der Waals surface area contributed by atoms with Crippen molar-refractivity contribution in [3.05, 3.63) is 0 Å². The summed E-state index contributed by atoms with van der Waals surface area (Å²) in [6, 6.07) is 0. The van der Waals surface area contributed by atoms with Crippen LogP contribution in [-0.4, -0.2) is 187 Å². The van der Waals surface area contributed by atoms with Crippen molar-refractivity contribution in [2.24, 2.45) is 35.5 Å². The zero-order valence-electron chi connectivity index (χ0n) is 59.7. The molecule has 0 unspecified atom stereocenters. The molecule has 0 spiro atoms. The Morgan fingerprint density at radius 1 is 0.404 bits per heavy atom. The topological polar surface area (TPSA) is 278 Å². The average Bonchev–Trinajstić information content (AvgIpc) is 0.872. The van der Waals surface area contributed by atoms with E-state index in [-0.39, 0.29) is 25.9 Å². The van der Waals surface area contributed by atoms with Gasteiger partial charge in [-0.05, 0) is 74.0 Å². The zero-order valence-corrected chi connectivity index (χ0v) is 59.7. The van der Waals surface area contributed by atoms with Gasteiger partial charge in [0.05, 0.1) is 26.4 Å². The molecule has 3 aliphatic rings. The van der Waals surface area contributed by atoms with Crippen molar-refractivity contribution in [1.82, 2.24) is 0 Å². The fourth-order valence-electron chi connectivity index (χ4n) is 12.5. The minimum absolute atomic E-state index is 0.00650. The minimum Gasteiger partial charge on any atom is -0.463 e. The van der Waals surface area contributed by atoms with Gasteiger partial charge in [0.15, 0.2) is 43.1 Å². The van der Waals surface area contributed by atoms with Crippen LogP contribution in [-0.2, 0) is 105 Å². The van der Waals surface area contributed by atoms with E-state index in [9.17, 15) is 38.7 Å². The third-order valence-corrected chi connectivity index (χ3v) is 17.5. The van der Waals surface area contributed by atoms with Gasteiger partial charge in [0.25, 0.3) is 0 Å². The lowest BCUT2D eigenvalue weighted by Crippen LogP contribution is -2.67. The Kier molecular flexibility index (Phi) is 43.5. The normalized spacial score (nSPS) is 25.1. The molecule has 1 saturated carbocycles. The number of carbonyl (C=O) groups is 7. The molecular formula is C71H124O23. The van der Waals surface area contributed by atoms with E-state index >= 15 is 0 Å². The summed E-state index contributed by atoms with van der Waals surface area (Å²) in [5, 5.41) is 9.75. The van der Waals surface area contributed by atoms with Gasteiger partial charge in [0, 0.05) is 74.9 Å². The number of aliphatic hydroxyl groups is 1. The van der Waals surface area contributed by atoms with E-state index in [2.05, 4.69) is 41.5 Å². The molecule has 546 valence electrons. The highest BCUT2D eigenvalue weighted by Crippen LogP contribution is 2.38. The first-order valence-corrected chi connectivity index (χ1v) is 35.6. The lowest BCUT2D eigenvalue weighted by atomic mass is 9.96. The third-order valence-electron chi connectivity index (χ3n) is 17.5. The summed E-state index contributed by atoms with van der Waals surface area (Å²) in [4.78, 5) is 88.5. The molecule has 0 bridgehead atoms. The summed E-state index contributed by atoms with van der Waals surface area (Å²) < 4.78 is 89.5. The number of rotatable bonds is 51. The maximum absolute atomic E-state index is 13.1. The molecule has 23 heteroatoms. The second kappa shape index (κ2) is 48.6. The minimum atomic E-state index is -1.82. The van der Waals surface area contributed by atoms with E-state index in [0.717, 1.165) is 112 Å². The Labute approximate surface area is 562 Å². The van der Waals surface area contributed by atoms with Crippen molar-refractivity contribution in [1.29, 1.82) is 0 Å². The molecule has 16 atom stereocenters. The van der Waals surface area contributed by atoms with E-state index in [1.807, 2.05) is 0 Å². The van der Waals surface area contributed by atoms with Crippen molar-refractivity contribution in [2.75, 3.05) is 66.1 Å². The highest BCUT2D eigenvalue weighted by Gasteiger charge is 2.58. The first-order chi connectivity index (χ1) is 44.8. The zero-order chi connectivity index (χ0) is 69.4. The summed E-state index contributed by atoms with van der Waals surface area (Å²) in [5.41, 5.74) is 0. The van der Waals surface area contributed by atoms with Gasteiger partial charge in [-0.15, -0.1) is 0 Å². The first kappa shape index (κ1) is 84.2. The van der Waals surface area contributed by atoms with E-state index < -0.39 is 123 Å². The molecule has 0 amide bonds. The number of carbonyl (C=O) groups excluding carboxylic acids is 7. The van der Waals surface area contributed by atoms with E-state index in [1.54, 1.807) is 0 Å². The molecule has 94 heavy (non-hydrogen) atoms. The maximum Gasteiger partial charge on any atom is 0.303 e. The fourth-order valence-corrected chi connectivity index (χ4v) is 12.5. The van der Waals surface area contributed by atoms with Crippen LogP contribution in [0.1, 0.15) is 238 Å². The lowest BCUT2D eigenvalue weighted by Gasteiger charge is -2.48. The largest absolute Gasteiger partial charge is 0.463 e. The molecule has 2 aliphatic heterocycles. The molecule has 0 radical (unpaired) electrons. The van der Waals surface area contributed by atoms with Crippen LogP contribution < -0.4 is 0 Å². The molecule has 2 heterocycles. The number of hydrogen-bond donors (Lipinski definition) is 1. The predicted molar refractivity (Wildman–Crippen MR) is 349 cm³/mol. The van der Waals surface area contributed by atoms with Crippen LogP contribution in [0, 0.1) is 35.5 Å². The Balaban J connectivity index is 1.60. The van der Waals surface area contributed by atoms with Crippen LogP contribution in [0.25, 0.3) is 0 Å². The number of esters is 7. The molecule has 1 N–H and O–H groups in total. The van der Waals surface area contributed by atoms with Crippen LogP contribution in [0.5, 0.6) is 0 Å². The Morgan fingerprint density at radius 2 is 0.809 bits per heavy atom. The van der Waals surface area contributed by atoms with Crippen LogP contribution in [0.3, 0.4) is 0 Å². The molecule has 23 nitrogen and oxygen atoms in total. The van der Waals surface area contributed by atoms with Crippen LogP contribution >= 0.6 is 0 Å². The van der Waals surface area contributed by atoms with Gasteiger partial charge in [-0.2, -0.15) is 0 Å². The fraction of sp³-hybridized carbons (Fsp3) is 0.901. The Morgan fingerprint density at radius 3 is 1.30 bits per heavy atom. The standard InChI is InChI=1S/C71H124O23/c1-47(2)26-23-28-49(5)34-38-82-60(41-72)42-80-36-22-20-18-16-14-15-17-19-21-30-58-32-33-59(40-58)31-25-37-81-43-61(83-39-35-50(6)29-24-27-48(3)4)44-86-70-68(90-56(12)78)67(89-55(11)77)65(63(92-70)46-85-52(8)74)94-71-69(91-57(13)79)66(88-54(10)76)64(87-53(9)75)62(93-71)45-84-51(7)73/h47-50,58-72H,14-46H2,1-13H3/t49-,50-,58+,59-,60-,61+,62-,63-,64+,65-,66+,67+,68-,69-,70-,71+/m1/s1. The molecular weight excluding hydrogens is 1220 g/mol. The summed E-state index contributed by atoms with van der Waals surface area (Å²) in [5.74, 6) is -2.01. The van der Waals surface area contributed by atoms with Gasteiger partial charge in [-0.25, -0.2) is 0 Å². The van der Waals surface area contributed by atoms with E-state index in [1.165, 1.54) is 96.3 Å². The number of unbranched alkanes of at least 4 members (excludes halogenated alkanes) is 8. The van der Waals surface area contributed by atoms with Crippen molar-refractivity contribution < 1.29 is 110 Å². The summed E-state index contributed by atoms with van der Waals surface area (Å²) in [6.07, 6.45) is 10.2. The van der Waals surface area contributed by atoms with Crippen molar-refractivity contribution in [3.63, 3.8) is 0 Å². The van der Waals surface area contributed by atoms with Crippen molar-refractivity contribution in [2.45, 2.75) is 311 Å². The van der Waals surface area contributed by atoms with Crippen molar-refractivity contribution >= 4 is 41.8 Å². The van der Waals surface area contributed by atoms with Gasteiger partial charge in [-0.1, -0.05) is 151 Å². The number of ether oxygens (including phenoxy) is 15. The summed E-state index contributed by atoms with van der Waals surface area (Å²) in [6.45, 7) is 22.8. The van der Waals surface area contributed by atoms with Crippen molar-refractivity contribution in [3.8, 4) is 0 Å². The summed E-state index contributed by atoms with van der Waals surface area (Å²) in [7, 11) is 0. The number of hydrogen-bond acceptors (Lipinski definition) is 23. The molecule has 0 aromatic heterocycles. The number of aliphatic hydroxyl groups excluding tert-OH is 1. The smallest absolute Gasteiger partial charge is 0.303 e. The first-order valence-electron chi connectivity index (χ1n) is 35.6. The Bertz CT molecular complexity index is 2110. The third kappa shape index (κ3) is 37.0. The van der Waals surface area contributed by atoms with E-state index in [0.29, 0.717) is 56.7 Å². The van der Waals surface area contributed by atoms with Crippen LogP contribution in [0.2, 0.25) is 0 Å². The maximum atomic E-state index is 13.1. The van der Waals surface area contributed by atoms with E-state index in [4.69, 9.17) is 71.1 Å². The molecule has 3 fully saturated rings. The highest BCUT2D eigenvalue weighted by atomic mass is 16.8.